The summed E-state index contributed by atoms with van der Waals surface area (Å²) in [5, 5.41) is 14.7. The molecule has 0 aliphatic heterocycles. The number of nitrogens with one attached hydrogen (secondary N) is 2. The molecule has 0 radical (unpaired) electrons. The molecule has 0 fully saturated rings. The summed E-state index contributed by atoms with van der Waals surface area (Å²) in [6, 6.07) is 21.0. The molecule has 3 rings (SSSR count). The van der Waals surface area contributed by atoms with E-state index in [4.69, 9.17) is 4.74 Å². The Morgan fingerprint density at radius 2 is 1.50 bits per heavy atom. The number of hydrogen-bond acceptors (Lipinski definition) is 4. The van der Waals surface area contributed by atoms with Gasteiger partial charge in [-0.15, -0.1) is 0 Å². The number of phenolic OH excluding ortho intramolecular Hbond substituents is 1. The van der Waals surface area contributed by atoms with Crippen molar-refractivity contribution in [1.29, 1.82) is 0 Å². The molecule has 0 aromatic heterocycles. The Kier molecular flexibility index (Phi) is 7.05. The second-order valence-corrected chi connectivity index (χ2v) is 6.86. The van der Waals surface area contributed by atoms with Gasteiger partial charge in [0.2, 0.25) is 0 Å². The number of rotatable bonds is 8. The second kappa shape index (κ2) is 10.1. The Morgan fingerprint density at radius 3 is 2.20 bits per heavy atom. The minimum Gasteiger partial charge on any atom is -0.508 e. The third-order valence-corrected chi connectivity index (χ3v) is 4.41. The van der Waals surface area contributed by atoms with Crippen LogP contribution in [0.15, 0.2) is 72.8 Å². The first-order chi connectivity index (χ1) is 14.5. The maximum absolute atomic E-state index is 12.4. The zero-order valence-corrected chi connectivity index (χ0v) is 16.7. The van der Waals surface area contributed by atoms with Gasteiger partial charge in [0.1, 0.15) is 18.1 Å². The van der Waals surface area contributed by atoms with Crippen LogP contribution in [0.2, 0.25) is 0 Å². The van der Waals surface area contributed by atoms with Crippen LogP contribution in [0.5, 0.6) is 11.5 Å². The largest absolute Gasteiger partial charge is 0.508 e. The standard InChI is InChI=1S/C24H24N2O4/c1-17-4-2-5-18(14-17)16-30-22-7-3-6-20(15-22)24(29)26-13-12-25-23(28)19-8-10-21(27)11-9-19/h2-11,14-15,27H,12-13,16H2,1H3,(H,25,28)(H,26,29). The van der Waals surface area contributed by atoms with E-state index in [0.717, 1.165) is 5.56 Å². The van der Waals surface area contributed by atoms with Crippen molar-refractivity contribution < 1.29 is 19.4 Å². The molecule has 154 valence electrons. The van der Waals surface area contributed by atoms with Crippen molar-refractivity contribution >= 4 is 11.8 Å². The highest BCUT2D eigenvalue weighted by Gasteiger charge is 2.08. The van der Waals surface area contributed by atoms with Crippen LogP contribution in [-0.4, -0.2) is 30.0 Å². The van der Waals surface area contributed by atoms with Crippen LogP contribution >= 0.6 is 0 Å². The average molecular weight is 404 g/mol. The minimum absolute atomic E-state index is 0.101. The van der Waals surface area contributed by atoms with E-state index in [9.17, 15) is 14.7 Å². The molecule has 0 saturated heterocycles. The SMILES string of the molecule is Cc1cccc(COc2cccc(C(=O)NCCNC(=O)c3ccc(O)cc3)c2)c1. The minimum atomic E-state index is -0.268. The smallest absolute Gasteiger partial charge is 0.251 e. The van der Waals surface area contributed by atoms with E-state index in [-0.39, 0.29) is 30.7 Å². The molecule has 3 N–H and O–H groups in total. The van der Waals surface area contributed by atoms with Gasteiger partial charge in [0, 0.05) is 24.2 Å². The molecule has 6 heteroatoms. The Hall–Kier alpha value is -3.80. The van der Waals surface area contributed by atoms with Crippen molar-refractivity contribution in [2.24, 2.45) is 0 Å². The van der Waals surface area contributed by atoms with E-state index >= 15 is 0 Å². The Bertz CT molecular complexity index is 1020. The van der Waals surface area contributed by atoms with Crippen LogP contribution in [0.1, 0.15) is 31.8 Å². The normalized spacial score (nSPS) is 10.3. The van der Waals surface area contributed by atoms with E-state index < -0.39 is 0 Å². The van der Waals surface area contributed by atoms with Crippen molar-refractivity contribution in [2.45, 2.75) is 13.5 Å². The van der Waals surface area contributed by atoms with Gasteiger partial charge in [-0.3, -0.25) is 9.59 Å². The zero-order valence-electron chi connectivity index (χ0n) is 16.7. The summed E-state index contributed by atoms with van der Waals surface area (Å²) < 4.78 is 5.80. The quantitative estimate of drug-likeness (QED) is 0.502. The predicted octanol–water partition coefficient (Wildman–Crippen LogP) is 3.44. The number of carbonyl (C=O) groups excluding carboxylic acids is 2. The van der Waals surface area contributed by atoms with Gasteiger partial charge in [0.05, 0.1) is 0 Å². The van der Waals surface area contributed by atoms with Crippen molar-refractivity contribution in [1.82, 2.24) is 10.6 Å². The molecule has 0 spiro atoms. The number of phenols is 1. The van der Waals surface area contributed by atoms with Gasteiger partial charge in [-0.2, -0.15) is 0 Å². The fourth-order valence-corrected chi connectivity index (χ4v) is 2.86. The lowest BCUT2D eigenvalue weighted by Crippen LogP contribution is -2.34. The van der Waals surface area contributed by atoms with Crippen LogP contribution < -0.4 is 15.4 Å². The van der Waals surface area contributed by atoms with Crippen LogP contribution in [0.25, 0.3) is 0 Å². The van der Waals surface area contributed by atoms with Gasteiger partial charge in [-0.1, -0.05) is 35.9 Å². The van der Waals surface area contributed by atoms with Crippen molar-refractivity contribution in [3.63, 3.8) is 0 Å². The first-order valence-electron chi connectivity index (χ1n) is 9.65. The topological polar surface area (TPSA) is 87.7 Å². The van der Waals surface area contributed by atoms with Crippen molar-refractivity contribution in [3.05, 3.63) is 95.1 Å². The van der Waals surface area contributed by atoms with Gasteiger partial charge < -0.3 is 20.5 Å². The summed E-state index contributed by atoms with van der Waals surface area (Å²) in [5.41, 5.74) is 3.16. The highest BCUT2D eigenvalue weighted by atomic mass is 16.5. The molecule has 0 saturated carbocycles. The third kappa shape index (κ3) is 6.10. The van der Waals surface area contributed by atoms with Crippen LogP contribution in [-0.2, 0) is 6.61 Å². The molecule has 3 aromatic rings. The van der Waals surface area contributed by atoms with Gasteiger partial charge in [-0.05, 0) is 55.0 Å². The summed E-state index contributed by atoms with van der Waals surface area (Å²) in [5.74, 6) is 0.208. The van der Waals surface area contributed by atoms with E-state index in [2.05, 4.69) is 16.7 Å². The number of aromatic hydroxyl groups is 1. The zero-order chi connectivity index (χ0) is 21.3. The Morgan fingerprint density at radius 1 is 0.833 bits per heavy atom. The molecule has 6 nitrogen and oxygen atoms in total. The molecule has 3 aromatic carbocycles. The fraction of sp³-hybridized carbons (Fsp3) is 0.167. The first kappa shape index (κ1) is 20.9. The maximum Gasteiger partial charge on any atom is 0.251 e. The third-order valence-electron chi connectivity index (χ3n) is 4.41. The Labute approximate surface area is 175 Å². The average Bonchev–Trinajstić information content (AvgIpc) is 2.76. The van der Waals surface area contributed by atoms with Crippen LogP contribution in [0, 0.1) is 6.92 Å². The summed E-state index contributed by atoms with van der Waals surface area (Å²) in [4.78, 5) is 24.4. The summed E-state index contributed by atoms with van der Waals surface area (Å²) in [6.07, 6.45) is 0. The number of benzene rings is 3. The number of ether oxygens (including phenoxy) is 1. The molecule has 0 aliphatic rings. The molecular formula is C24H24N2O4. The van der Waals surface area contributed by atoms with E-state index in [1.807, 2.05) is 31.2 Å². The molecule has 0 bridgehead atoms. The molecule has 2 amide bonds. The number of hydrogen-bond donors (Lipinski definition) is 3. The van der Waals surface area contributed by atoms with Crippen LogP contribution in [0.4, 0.5) is 0 Å². The van der Waals surface area contributed by atoms with E-state index in [0.29, 0.717) is 23.5 Å². The summed E-state index contributed by atoms with van der Waals surface area (Å²) >= 11 is 0. The molecular weight excluding hydrogens is 380 g/mol. The molecule has 0 aliphatic carbocycles. The summed E-state index contributed by atoms with van der Waals surface area (Å²) in [6.45, 7) is 3.03. The second-order valence-electron chi connectivity index (χ2n) is 6.86. The lowest BCUT2D eigenvalue weighted by atomic mass is 10.1. The maximum atomic E-state index is 12.4. The van der Waals surface area contributed by atoms with Crippen molar-refractivity contribution in [3.8, 4) is 11.5 Å². The number of aryl methyl sites for hydroxylation is 1. The lowest BCUT2D eigenvalue weighted by Gasteiger charge is -2.10. The van der Waals surface area contributed by atoms with Gasteiger partial charge in [0.15, 0.2) is 0 Å². The fourth-order valence-electron chi connectivity index (χ4n) is 2.86. The summed E-state index contributed by atoms with van der Waals surface area (Å²) in [7, 11) is 0. The molecule has 0 unspecified atom stereocenters. The van der Waals surface area contributed by atoms with Crippen molar-refractivity contribution in [2.75, 3.05) is 13.1 Å². The number of carbonyl (C=O) groups is 2. The predicted molar refractivity (Wildman–Crippen MR) is 115 cm³/mol. The van der Waals surface area contributed by atoms with E-state index in [1.54, 1.807) is 18.2 Å². The van der Waals surface area contributed by atoms with Gasteiger partial charge in [-0.25, -0.2) is 0 Å². The monoisotopic (exact) mass is 404 g/mol. The van der Waals surface area contributed by atoms with E-state index in [1.165, 1.54) is 29.8 Å². The molecule has 0 heterocycles. The highest BCUT2D eigenvalue weighted by Crippen LogP contribution is 2.16. The van der Waals surface area contributed by atoms with Gasteiger partial charge >= 0.3 is 0 Å². The molecule has 0 atom stereocenters. The van der Waals surface area contributed by atoms with Crippen LogP contribution in [0.3, 0.4) is 0 Å². The lowest BCUT2D eigenvalue weighted by molar-refractivity contribution is 0.0927. The Balaban J connectivity index is 1.45. The number of amides is 2. The first-order valence-corrected chi connectivity index (χ1v) is 9.65. The molecule has 30 heavy (non-hydrogen) atoms. The highest BCUT2D eigenvalue weighted by molar-refractivity contribution is 5.95. The van der Waals surface area contributed by atoms with Gasteiger partial charge in [0.25, 0.3) is 11.8 Å².